The first-order valence-corrected chi connectivity index (χ1v) is 3.34. The van der Waals surface area contributed by atoms with E-state index < -0.39 is 0 Å². The maximum Gasteiger partial charge on any atom is 0.288 e. The SMILES string of the molecule is O=c1ccc2cn[nH]c(=O)c2[nH]1. The number of nitrogens with zero attached hydrogens (tertiary/aromatic N) is 1. The summed E-state index contributed by atoms with van der Waals surface area (Å²) >= 11 is 0. The summed E-state index contributed by atoms with van der Waals surface area (Å²) in [6.07, 6.45) is 1.48. The Bertz CT molecular complexity index is 526. The van der Waals surface area contributed by atoms with Crippen molar-refractivity contribution in [1.82, 2.24) is 15.2 Å². The fourth-order valence-electron chi connectivity index (χ4n) is 0.998. The molecule has 2 rings (SSSR count). The Labute approximate surface area is 66.1 Å². The maximum atomic E-state index is 11.0. The first-order chi connectivity index (χ1) is 5.77. The molecule has 0 bridgehead atoms. The molecule has 0 aliphatic carbocycles. The number of nitrogens with one attached hydrogen (secondary N) is 2. The fourth-order valence-corrected chi connectivity index (χ4v) is 0.998. The highest BCUT2D eigenvalue weighted by atomic mass is 16.1. The molecule has 0 fully saturated rings. The highest BCUT2D eigenvalue weighted by molar-refractivity contribution is 5.75. The van der Waals surface area contributed by atoms with Crippen LogP contribution in [0.2, 0.25) is 0 Å². The number of rotatable bonds is 0. The molecule has 5 heteroatoms. The van der Waals surface area contributed by atoms with E-state index in [-0.39, 0.29) is 16.6 Å². The van der Waals surface area contributed by atoms with Crippen LogP contribution in [0.25, 0.3) is 10.9 Å². The highest BCUT2D eigenvalue weighted by Gasteiger charge is 1.97. The Balaban J connectivity index is 3.08. The van der Waals surface area contributed by atoms with E-state index in [0.29, 0.717) is 5.39 Å². The second-order valence-corrected chi connectivity index (χ2v) is 2.35. The van der Waals surface area contributed by atoms with Gasteiger partial charge in [-0.3, -0.25) is 9.59 Å². The van der Waals surface area contributed by atoms with E-state index in [1.165, 1.54) is 12.3 Å². The van der Waals surface area contributed by atoms with Crippen molar-refractivity contribution in [3.05, 3.63) is 39.0 Å². The molecule has 0 radical (unpaired) electrons. The quantitative estimate of drug-likeness (QED) is 0.555. The minimum Gasteiger partial charge on any atom is -0.317 e. The average Bonchev–Trinajstić information content (AvgIpc) is 2.07. The smallest absolute Gasteiger partial charge is 0.288 e. The van der Waals surface area contributed by atoms with Crippen molar-refractivity contribution in [3.63, 3.8) is 0 Å². The molecule has 0 spiro atoms. The average molecular weight is 163 g/mol. The van der Waals surface area contributed by atoms with Gasteiger partial charge in [0.15, 0.2) is 0 Å². The van der Waals surface area contributed by atoms with Crippen LogP contribution >= 0.6 is 0 Å². The summed E-state index contributed by atoms with van der Waals surface area (Å²) in [4.78, 5) is 24.3. The first-order valence-electron chi connectivity index (χ1n) is 3.34. The van der Waals surface area contributed by atoms with Crippen molar-refractivity contribution in [3.8, 4) is 0 Å². The Kier molecular flexibility index (Phi) is 1.30. The largest absolute Gasteiger partial charge is 0.317 e. The number of H-pyrrole nitrogens is 2. The molecule has 12 heavy (non-hydrogen) atoms. The van der Waals surface area contributed by atoms with Crippen LogP contribution in [0.1, 0.15) is 0 Å². The van der Waals surface area contributed by atoms with Crippen LogP contribution in [-0.2, 0) is 0 Å². The molecule has 0 amide bonds. The van der Waals surface area contributed by atoms with E-state index in [2.05, 4.69) is 15.2 Å². The number of aromatic amines is 2. The Morgan fingerprint density at radius 3 is 2.92 bits per heavy atom. The summed E-state index contributed by atoms with van der Waals surface area (Å²) in [5, 5.41) is 6.43. The zero-order chi connectivity index (χ0) is 8.55. The van der Waals surface area contributed by atoms with Gasteiger partial charge in [0.25, 0.3) is 5.56 Å². The summed E-state index contributed by atoms with van der Waals surface area (Å²) in [5.41, 5.74) is -0.415. The number of aromatic nitrogens is 3. The lowest BCUT2D eigenvalue weighted by molar-refractivity contribution is 1.00. The van der Waals surface area contributed by atoms with Crippen molar-refractivity contribution in [2.75, 3.05) is 0 Å². The van der Waals surface area contributed by atoms with Crippen LogP contribution in [0.3, 0.4) is 0 Å². The molecule has 2 aromatic rings. The topological polar surface area (TPSA) is 78.6 Å². The van der Waals surface area contributed by atoms with Crippen LogP contribution in [-0.4, -0.2) is 15.2 Å². The molecule has 0 atom stereocenters. The van der Waals surface area contributed by atoms with Crippen molar-refractivity contribution >= 4 is 10.9 Å². The van der Waals surface area contributed by atoms with E-state index >= 15 is 0 Å². The third kappa shape index (κ3) is 0.914. The van der Waals surface area contributed by atoms with Gasteiger partial charge in [0, 0.05) is 11.5 Å². The lowest BCUT2D eigenvalue weighted by Gasteiger charge is -1.91. The Morgan fingerprint density at radius 2 is 2.08 bits per heavy atom. The van der Waals surface area contributed by atoms with Gasteiger partial charge in [-0.15, -0.1) is 0 Å². The summed E-state index contributed by atoms with van der Waals surface area (Å²) < 4.78 is 0. The van der Waals surface area contributed by atoms with Crippen LogP contribution in [0.5, 0.6) is 0 Å². The van der Waals surface area contributed by atoms with E-state index in [9.17, 15) is 9.59 Å². The molecule has 0 unspecified atom stereocenters. The second kappa shape index (κ2) is 2.30. The Morgan fingerprint density at radius 1 is 1.25 bits per heavy atom. The molecule has 0 aromatic carbocycles. The Hall–Kier alpha value is -1.91. The number of hydrogen-bond donors (Lipinski definition) is 2. The van der Waals surface area contributed by atoms with Gasteiger partial charge in [0.05, 0.1) is 6.20 Å². The van der Waals surface area contributed by atoms with Gasteiger partial charge in [-0.05, 0) is 6.07 Å². The number of pyridine rings is 1. The van der Waals surface area contributed by atoms with Crippen molar-refractivity contribution in [2.45, 2.75) is 0 Å². The van der Waals surface area contributed by atoms with Crippen LogP contribution < -0.4 is 11.1 Å². The summed E-state index contributed by atoms with van der Waals surface area (Å²) in [5.74, 6) is 0. The van der Waals surface area contributed by atoms with Gasteiger partial charge < -0.3 is 4.98 Å². The fraction of sp³-hybridized carbons (Fsp3) is 0. The minimum atomic E-state index is -0.384. The number of fused-ring (bicyclic) bond motifs is 1. The van der Waals surface area contributed by atoms with Crippen molar-refractivity contribution < 1.29 is 0 Å². The van der Waals surface area contributed by atoms with Gasteiger partial charge in [0.2, 0.25) is 5.56 Å². The van der Waals surface area contributed by atoms with E-state index in [0.717, 1.165) is 0 Å². The van der Waals surface area contributed by atoms with Crippen molar-refractivity contribution in [2.24, 2.45) is 0 Å². The molecule has 60 valence electrons. The molecular formula is C7H5N3O2. The van der Waals surface area contributed by atoms with Crippen LogP contribution in [0.4, 0.5) is 0 Å². The molecule has 5 nitrogen and oxygen atoms in total. The van der Waals surface area contributed by atoms with E-state index in [4.69, 9.17) is 0 Å². The molecular weight excluding hydrogens is 158 g/mol. The van der Waals surface area contributed by atoms with E-state index in [1.807, 2.05) is 0 Å². The number of hydrogen-bond acceptors (Lipinski definition) is 3. The zero-order valence-electron chi connectivity index (χ0n) is 6.00. The zero-order valence-corrected chi connectivity index (χ0v) is 6.00. The summed E-state index contributed by atoms with van der Waals surface area (Å²) in [6.45, 7) is 0. The lowest BCUT2D eigenvalue weighted by atomic mass is 10.3. The summed E-state index contributed by atoms with van der Waals surface area (Å²) in [7, 11) is 0. The minimum absolute atomic E-state index is 0.262. The standard InChI is InChI=1S/C7H5N3O2/c11-5-2-1-4-3-8-10-7(12)6(4)9-5/h1-3H,(H,9,11)(H,10,12). The molecule has 0 aliphatic rings. The molecule has 2 aromatic heterocycles. The van der Waals surface area contributed by atoms with Gasteiger partial charge in [-0.1, -0.05) is 0 Å². The molecule has 0 saturated carbocycles. The van der Waals surface area contributed by atoms with Gasteiger partial charge in [-0.2, -0.15) is 5.10 Å². The predicted molar refractivity (Wildman–Crippen MR) is 43.0 cm³/mol. The van der Waals surface area contributed by atoms with Gasteiger partial charge in [-0.25, -0.2) is 5.10 Å². The third-order valence-electron chi connectivity index (χ3n) is 1.55. The monoisotopic (exact) mass is 163 g/mol. The van der Waals surface area contributed by atoms with Crippen LogP contribution in [0, 0.1) is 0 Å². The molecule has 2 N–H and O–H groups in total. The van der Waals surface area contributed by atoms with Gasteiger partial charge in [0.1, 0.15) is 5.52 Å². The third-order valence-corrected chi connectivity index (χ3v) is 1.55. The predicted octanol–water partition coefficient (Wildman–Crippen LogP) is -0.389. The second-order valence-electron chi connectivity index (χ2n) is 2.35. The maximum absolute atomic E-state index is 11.0. The normalized spacial score (nSPS) is 10.3. The lowest BCUT2D eigenvalue weighted by Crippen LogP contribution is -2.14. The molecule has 0 saturated heterocycles. The first kappa shape index (κ1) is 6.78. The van der Waals surface area contributed by atoms with Gasteiger partial charge >= 0.3 is 0 Å². The molecule has 2 heterocycles. The van der Waals surface area contributed by atoms with E-state index in [1.54, 1.807) is 6.07 Å². The highest BCUT2D eigenvalue weighted by Crippen LogP contribution is 1.98. The van der Waals surface area contributed by atoms with Crippen LogP contribution in [0.15, 0.2) is 27.9 Å². The van der Waals surface area contributed by atoms with Crippen molar-refractivity contribution in [1.29, 1.82) is 0 Å². The summed E-state index contributed by atoms with van der Waals surface area (Å²) in [6, 6.07) is 2.90. The molecule has 0 aliphatic heterocycles.